The molecule has 0 bridgehead atoms. The molecule has 68 valence electrons. The smallest absolute Gasteiger partial charge is 0.112 e. The number of thioether (sulfide) groups is 1. The fourth-order valence-electron chi connectivity index (χ4n) is 0.880. The Hall–Kier alpha value is -0.940. The molecule has 1 aromatic heterocycles. The molecule has 0 spiro atoms. The molecule has 0 atom stereocenters. The molecule has 0 aliphatic rings. The van der Waals surface area contributed by atoms with Crippen molar-refractivity contribution in [2.45, 2.75) is 30.4 Å². The minimum Gasteiger partial charge on any atom is -0.247 e. The summed E-state index contributed by atoms with van der Waals surface area (Å²) in [6.07, 6.45) is 7.03. The second kappa shape index (κ2) is 3.85. The van der Waals surface area contributed by atoms with Gasteiger partial charge in [-0.2, -0.15) is 0 Å². The molecule has 0 saturated heterocycles. The van der Waals surface area contributed by atoms with E-state index in [1.54, 1.807) is 11.8 Å². The highest BCUT2D eigenvalue weighted by atomic mass is 32.2. The number of hydrogen-bond donors (Lipinski definition) is 0. The first-order chi connectivity index (χ1) is 6.01. The van der Waals surface area contributed by atoms with Crippen molar-refractivity contribution in [3.05, 3.63) is 24.0 Å². The molecule has 1 aromatic rings. The maximum atomic E-state index is 5.21. The van der Waals surface area contributed by atoms with E-state index in [-0.39, 0.29) is 4.75 Å². The molecule has 13 heavy (non-hydrogen) atoms. The first-order valence-electron chi connectivity index (χ1n) is 4.13. The lowest BCUT2D eigenvalue weighted by Gasteiger charge is -2.16. The molecule has 1 rings (SSSR count). The summed E-state index contributed by atoms with van der Waals surface area (Å²) >= 11 is 1.79. The van der Waals surface area contributed by atoms with Crippen LogP contribution in [0.5, 0.6) is 0 Å². The van der Waals surface area contributed by atoms with Gasteiger partial charge in [-0.3, -0.25) is 0 Å². The number of hydrogen-bond acceptors (Lipinski definition) is 2. The Morgan fingerprint density at radius 3 is 2.46 bits per heavy atom. The van der Waals surface area contributed by atoms with E-state index in [9.17, 15) is 0 Å². The van der Waals surface area contributed by atoms with E-state index in [4.69, 9.17) is 6.42 Å². The molecule has 1 heterocycles. The van der Waals surface area contributed by atoms with Gasteiger partial charge >= 0.3 is 0 Å². The van der Waals surface area contributed by atoms with Gasteiger partial charge in [0, 0.05) is 15.8 Å². The molecule has 0 amide bonds. The Bertz CT molecular complexity index is 313. The van der Waals surface area contributed by atoms with Crippen LogP contribution >= 0.6 is 11.8 Å². The number of nitrogens with zero attached hydrogens (tertiary/aromatic N) is 1. The Balaban J connectivity index is 2.77. The standard InChI is InChI=1S/C11H13NS/c1-5-9-6-7-10(8-12-9)13-11(2,3)4/h1,6-8H,2-4H3. The number of aromatic nitrogens is 1. The number of pyridine rings is 1. The van der Waals surface area contributed by atoms with Crippen LogP contribution in [-0.4, -0.2) is 9.73 Å². The normalized spacial score (nSPS) is 10.9. The quantitative estimate of drug-likeness (QED) is 0.500. The van der Waals surface area contributed by atoms with Crippen LogP contribution in [0.3, 0.4) is 0 Å². The molecule has 0 aliphatic heterocycles. The fraction of sp³-hybridized carbons (Fsp3) is 0.364. The Morgan fingerprint density at radius 2 is 2.08 bits per heavy atom. The molecule has 0 unspecified atom stereocenters. The molecular formula is C11H13NS. The van der Waals surface area contributed by atoms with Crippen LogP contribution in [0.4, 0.5) is 0 Å². The summed E-state index contributed by atoms with van der Waals surface area (Å²) in [6, 6.07) is 3.88. The highest BCUT2D eigenvalue weighted by molar-refractivity contribution is 8.00. The maximum absolute atomic E-state index is 5.21. The van der Waals surface area contributed by atoms with Crippen LogP contribution in [0, 0.1) is 12.3 Å². The molecule has 0 N–H and O–H groups in total. The Labute approximate surface area is 84.0 Å². The van der Waals surface area contributed by atoms with Crippen LogP contribution in [0.1, 0.15) is 26.5 Å². The summed E-state index contributed by atoms with van der Waals surface area (Å²) in [4.78, 5) is 5.28. The average Bonchev–Trinajstić information content (AvgIpc) is 2.03. The third-order valence-corrected chi connectivity index (χ3v) is 2.40. The summed E-state index contributed by atoms with van der Waals surface area (Å²) in [5.74, 6) is 2.50. The number of rotatable bonds is 1. The van der Waals surface area contributed by atoms with Gasteiger partial charge in [0.05, 0.1) is 0 Å². The van der Waals surface area contributed by atoms with Gasteiger partial charge in [0.25, 0.3) is 0 Å². The summed E-state index contributed by atoms with van der Waals surface area (Å²) in [5, 5.41) is 0. The average molecular weight is 191 g/mol. The zero-order valence-electron chi connectivity index (χ0n) is 8.16. The van der Waals surface area contributed by atoms with E-state index in [1.165, 1.54) is 0 Å². The van der Waals surface area contributed by atoms with Gasteiger partial charge in [-0.15, -0.1) is 18.2 Å². The summed E-state index contributed by atoms with van der Waals surface area (Å²) in [7, 11) is 0. The predicted molar refractivity (Wildman–Crippen MR) is 57.8 cm³/mol. The molecule has 0 aromatic carbocycles. The molecule has 0 fully saturated rings. The lowest BCUT2D eigenvalue weighted by molar-refractivity contribution is 0.802. The second-order valence-corrected chi connectivity index (χ2v) is 5.64. The van der Waals surface area contributed by atoms with Gasteiger partial charge in [-0.25, -0.2) is 4.98 Å². The van der Waals surface area contributed by atoms with Crippen LogP contribution in [0.25, 0.3) is 0 Å². The van der Waals surface area contributed by atoms with E-state index in [0.717, 1.165) is 4.90 Å². The molecule has 0 saturated carbocycles. The minimum atomic E-state index is 0.222. The van der Waals surface area contributed by atoms with Gasteiger partial charge < -0.3 is 0 Å². The molecule has 2 heteroatoms. The third-order valence-electron chi connectivity index (χ3n) is 1.31. The monoisotopic (exact) mass is 191 g/mol. The van der Waals surface area contributed by atoms with E-state index in [2.05, 4.69) is 31.7 Å². The van der Waals surface area contributed by atoms with Gasteiger partial charge in [-0.1, -0.05) is 26.7 Å². The first kappa shape index (κ1) is 10.1. The molecular weight excluding hydrogens is 178 g/mol. The number of terminal acetylenes is 1. The molecule has 0 aliphatic carbocycles. The van der Waals surface area contributed by atoms with Crippen molar-refractivity contribution in [2.75, 3.05) is 0 Å². The van der Waals surface area contributed by atoms with E-state index in [0.29, 0.717) is 5.69 Å². The van der Waals surface area contributed by atoms with Crippen molar-refractivity contribution in [1.82, 2.24) is 4.98 Å². The summed E-state index contributed by atoms with van der Waals surface area (Å²) in [6.45, 7) is 6.52. The van der Waals surface area contributed by atoms with E-state index >= 15 is 0 Å². The van der Waals surface area contributed by atoms with Crippen LogP contribution in [0.15, 0.2) is 23.2 Å². The highest BCUT2D eigenvalue weighted by Gasteiger charge is 2.11. The zero-order valence-corrected chi connectivity index (χ0v) is 8.98. The molecule has 0 radical (unpaired) electrons. The van der Waals surface area contributed by atoms with Gasteiger partial charge in [-0.05, 0) is 12.1 Å². The Kier molecular flexibility index (Phi) is 3.00. The lowest BCUT2D eigenvalue weighted by atomic mass is 10.3. The highest BCUT2D eigenvalue weighted by Crippen LogP contribution is 2.30. The fourth-order valence-corrected chi connectivity index (χ4v) is 1.83. The van der Waals surface area contributed by atoms with Gasteiger partial charge in [0.1, 0.15) is 5.69 Å². The zero-order chi connectivity index (χ0) is 9.90. The van der Waals surface area contributed by atoms with Crippen LogP contribution in [0.2, 0.25) is 0 Å². The minimum absolute atomic E-state index is 0.222. The van der Waals surface area contributed by atoms with Gasteiger partial charge in [0.2, 0.25) is 0 Å². The topological polar surface area (TPSA) is 12.9 Å². The third kappa shape index (κ3) is 3.52. The maximum Gasteiger partial charge on any atom is 0.112 e. The first-order valence-corrected chi connectivity index (χ1v) is 4.94. The van der Waals surface area contributed by atoms with Crippen molar-refractivity contribution < 1.29 is 0 Å². The van der Waals surface area contributed by atoms with E-state index in [1.807, 2.05) is 18.3 Å². The SMILES string of the molecule is C#Cc1ccc(SC(C)(C)C)cn1. The van der Waals surface area contributed by atoms with Crippen LogP contribution < -0.4 is 0 Å². The lowest BCUT2D eigenvalue weighted by Crippen LogP contribution is -2.06. The van der Waals surface area contributed by atoms with Crippen LogP contribution in [-0.2, 0) is 0 Å². The summed E-state index contributed by atoms with van der Waals surface area (Å²) in [5.41, 5.74) is 0.693. The largest absolute Gasteiger partial charge is 0.247 e. The van der Waals surface area contributed by atoms with Crippen molar-refractivity contribution in [2.24, 2.45) is 0 Å². The summed E-state index contributed by atoms with van der Waals surface area (Å²) < 4.78 is 0.222. The second-order valence-electron chi connectivity index (χ2n) is 3.74. The van der Waals surface area contributed by atoms with Gasteiger partial charge in [0.15, 0.2) is 0 Å². The van der Waals surface area contributed by atoms with E-state index < -0.39 is 0 Å². The van der Waals surface area contributed by atoms with Crippen molar-refractivity contribution >= 4 is 11.8 Å². The Morgan fingerprint density at radius 1 is 1.38 bits per heavy atom. The molecule has 1 nitrogen and oxygen atoms in total. The van der Waals surface area contributed by atoms with Crippen molar-refractivity contribution in [3.63, 3.8) is 0 Å². The van der Waals surface area contributed by atoms with Crippen molar-refractivity contribution in [3.8, 4) is 12.3 Å². The predicted octanol–water partition coefficient (Wildman–Crippen LogP) is 2.95. The van der Waals surface area contributed by atoms with Crippen molar-refractivity contribution in [1.29, 1.82) is 0 Å².